The maximum Gasteiger partial charge on any atom is 0.331 e. The average molecular weight is 505 g/mol. The number of rotatable bonds is 11. The summed E-state index contributed by atoms with van der Waals surface area (Å²) in [6, 6.07) is 9.09. The Morgan fingerprint density at radius 2 is 1.35 bits per heavy atom. The van der Waals surface area contributed by atoms with Crippen molar-refractivity contribution in [2.75, 3.05) is 20.8 Å². The van der Waals surface area contributed by atoms with Crippen molar-refractivity contribution in [3.8, 4) is 23.0 Å². The summed E-state index contributed by atoms with van der Waals surface area (Å²) < 4.78 is 15.4. The smallest absolute Gasteiger partial charge is 0.331 e. The van der Waals surface area contributed by atoms with Crippen LogP contribution >= 0.6 is 0 Å². The SMILES string of the molecule is COc1cc(/C=C/C(=O)CC(=O)/C=C/c2ccc(OC(=O)CN3C(=O)C=CC3=O)c(OC)c2)ccc1O. The number of amides is 2. The van der Waals surface area contributed by atoms with Gasteiger partial charge in [0.2, 0.25) is 0 Å². The van der Waals surface area contributed by atoms with E-state index < -0.39 is 35.9 Å². The standard InChI is InChI=1S/C27H23NO9/c1-35-23-13-17(5-9-21(23)31)3-7-19(29)15-20(30)8-4-18-6-10-22(24(14-18)36-2)37-27(34)16-28-25(32)11-12-26(28)33/h3-14,31H,15-16H2,1-2H3/b7-3+,8-4+. The molecule has 1 heterocycles. The number of nitrogens with zero attached hydrogens (tertiary/aromatic N) is 1. The molecule has 0 saturated carbocycles. The normalized spacial score (nSPS) is 13.0. The fourth-order valence-corrected chi connectivity index (χ4v) is 3.21. The molecule has 1 N–H and O–H groups in total. The minimum atomic E-state index is -0.834. The molecule has 10 nitrogen and oxygen atoms in total. The van der Waals surface area contributed by atoms with Gasteiger partial charge in [-0.15, -0.1) is 0 Å². The molecule has 1 aliphatic rings. The van der Waals surface area contributed by atoms with Gasteiger partial charge in [-0.3, -0.25) is 24.1 Å². The van der Waals surface area contributed by atoms with Crippen LogP contribution in [0.5, 0.6) is 23.0 Å². The molecule has 2 aromatic carbocycles. The highest BCUT2D eigenvalue weighted by Crippen LogP contribution is 2.29. The highest BCUT2D eigenvalue weighted by molar-refractivity contribution is 6.14. The Balaban J connectivity index is 1.57. The number of esters is 1. The topological polar surface area (TPSA) is 137 Å². The van der Waals surface area contributed by atoms with Crippen LogP contribution in [0.15, 0.2) is 60.7 Å². The molecular formula is C27H23NO9. The molecule has 10 heteroatoms. The zero-order valence-corrected chi connectivity index (χ0v) is 20.0. The lowest BCUT2D eigenvalue weighted by Crippen LogP contribution is -2.36. The number of hydrogen-bond donors (Lipinski definition) is 1. The first kappa shape index (κ1) is 26.6. The molecule has 190 valence electrons. The highest BCUT2D eigenvalue weighted by Gasteiger charge is 2.26. The lowest BCUT2D eigenvalue weighted by Gasteiger charge is -2.14. The highest BCUT2D eigenvalue weighted by atomic mass is 16.6. The first-order chi connectivity index (χ1) is 17.7. The van der Waals surface area contributed by atoms with Crippen molar-refractivity contribution >= 4 is 41.5 Å². The summed E-state index contributed by atoms with van der Waals surface area (Å²) in [4.78, 5) is 60.4. The van der Waals surface area contributed by atoms with Gasteiger partial charge in [-0.2, -0.15) is 0 Å². The Morgan fingerprint density at radius 3 is 1.92 bits per heavy atom. The van der Waals surface area contributed by atoms with Gasteiger partial charge in [0.25, 0.3) is 11.8 Å². The predicted octanol–water partition coefficient (Wildman–Crippen LogP) is 2.49. The van der Waals surface area contributed by atoms with E-state index in [0.29, 0.717) is 11.1 Å². The molecule has 0 saturated heterocycles. The molecule has 0 spiro atoms. The van der Waals surface area contributed by atoms with Crippen LogP contribution < -0.4 is 14.2 Å². The summed E-state index contributed by atoms with van der Waals surface area (Å²) in [6.07, 6.45) is 7.28. The summed E-state index contributed by atoms with van der Waals surface area (Å²) in [5.41, 5.74) is 1.16. The van der Waals surface area contributed by atoms with Crippen molar-refractivity contribution < 1.29 is 43.3 Å². The van der Waals surface area contributed by atoms with Gasteiger partial charge in [0.15, 0.2) is 34.6 Å². The van der Waals surface area contributed by atoms with Crippen LogP contribution in [0, 0.1) is 0 Å². The zero-order valence-electron chi connectivity index (χ0n) is 20.0. The van der Waals surface area contributed by atoms with E-state index in [1.165, 1.54) is 56.7 Å². The zero-order chi connectivity index (χ0) is 26.9. The van der Waals surface area contributed by atoms with E-state index in [-0.39, 0.29) is 29.4 Å². The second-order valence-corrected chi connectivity index (χ2v) is 7.69. The molecule has 0 unspecified atom stereocenters. The molecule has 0 atom stereocenters. The van der Waals surface area contributed by atoms with Crippen LogP contribution in [0.1, 0.15) is 17.5 Å². The molecule has 0 aliphatic carbocycles. The van der Waals surface area contributed by atoms with Crippen LogP contribution in [-0.4, -0.2) is 60.1 Å². The lowest BCUT2D eigenvalue weighted by molar-refractivity contribution is -0.146. The fraction of sp³-hybridized carbons (Fsp3) is 0.148. The first-order valence-corrected chi connectivity index (χ1v) is 10.9. The summed E-state index contributed by atoms with van der Waals surface area (Å²) in [6.45, 7) is -0.549. The predicted molar refractivity (Wildman–Crippen MR) is 132 cm³/mol. The summed E-state index contributed by atoms with van der Waals surface area (Å²) >= 11 is 0. The molecule has 2 aromatic rings. The van der Waals surface area contributed by atoms with Crippen molar-refractivity contribution in [2.45, 2.75) is 6.42 Å². The van der Waals surface area contributed by atoms with Crippen LogP contribution in [0.3, 0.4) is 0 Å². The van der Waals surface area contributed by atoms with E-state index in [1.807, 2.05) is 0 Å². The Labute approximate surface area is 212 Å². The number of ketones is 2. The minimum Gasteiger partial charge on any atom is -0.504 e. The molecule has 2 amide bonds. The second-order valence-electron chi connectivity index (χ2n) is 7.69. The molecule has 0 radical (unpaired) electrons. The monoisotopic (exact) mass is 505 g/mol. The van der Waals surface area contributed by atoms with E-state index in [0.717, 1.165) is 17.1 Å². The number of phenols is 1. The number of ether oxygens (including phenoxy) is 3. The van der Waals surface area contributed by atoms with Gasteiger partial charge < -0.3 is 19.3 Å². The maximum absolute atomic E-state index is 12.2. The Kier molecular flexibility index (Phi) is 8.71. The molecule has 0 fully saturated rings. The largest absolute Gasteiger partial charge is 0.504 e. The van der Waals surface area contributed by atoms with Gasteiger partial charge in [-0.05, 0) is 47.5 Å². The van der Waals surface area contributed by atoms with E-state index >= 15 is 0 Å². The van der Waals surface area contributed by atoms with Crippen molar-refractivity contribution in [3.63, 3.8) is 0 Å². The molecular weight excluding hydrogens is 482 g/mol. The maximum atomic E-state index is 12.2. The number of hydrogen-bond acceptors (Lipinski definition) is 9. The Morgan fingerprint density at radius 1 is 0.811 bits per heavy atom. The van der Waals surface area contributed by atoms with Crippen molar-refractivity contribution in [3.05, 3.63) is 71.8 Å². The molecule has 37 heavy (non-hydrogen) atoms. The number of carbonyl (C=O) groups excluding carboxylic acids is 5. The third kappa shape index (κ3) is 7.25. The third-order valence-electron chi connectivity index (χ3n) is 5.07. The van der Waals surface area contributed by atoms with E-state index in [1.54, 1.807) is 18.2 Å². The van der Waals surface area contributed by atoms with Crippen LogP contribution in [0.2, 0.25) is 0 Å². The molecule has 0 aromatic heterocycles. The second kappa shape index (κ2) is 12.1. The van der Waals surface area contributed by atoms with Gasteiger partial charge in [-0.1, -0.05) is 24.3 Å². The molecule has 0 bridgehead atoms. The minimum absolute atomic E-state index is 0.0262. The van der Waals surface area contributed by atoms with E-state index in [9.17, 15) is 29.1 Å². The van der Waals surface area contributed by atoms with Crippen LogP contribution in [0.25, 0.3) is 12.2 Å². The van der Waals surface area contributed by atoms with Crippen molar-refractivity contribution in [2.24, 2.45) is 0 Å². The third-order valence-corrected chi connectivity index (χ3v) is 5.07. The van der Waals surface area contributed by atoms with Crippen molar-refractivity contribution in [1.29, 1.82) is 0 Å². The fourth-order valence-electron chi connectivity index (χ4n) is 3.21. The Bertz CT molecular complexity index is 1320. The number of carbonyl (C=O) groups is 5. The van der Waals surface area contributed by atoms with E-state index in [2.05, 4.69) is 0 Å². The molecule has 3 rings (SSSR count). The van der Waals surface area contributed by atoms with Gasteiger partial charge in [0, 0.05) is 12.2 Å². The number of phenolic OH excluding ortho intramolecular Hbond substituents is 1. The number of imide groups is 1. The summed E-state index contributed by atoms with van der Waals surface area (Å²) in [5.74, 6) is -2.40. The quantitative estimate of drug-likeness (QED) is 0.161. The number of methoxy groups -OCH3 is 2. The van der Waals surface area contributed by atoms with Crippen molar-refractivity contribution in [1.82, 2.24) is 4.90 Å². The summed E-state index contributed by atoms with van der Waals surface area (Å²) in [7, 11) is 2.77. The summed E-state index contributed by atoms with van der Waals surface area (Å²) in [5, 5.41) is 9.62. The molecule has 1 aliphatic heterocycles. The van der Waals surface area contributed by atoms with Gasteiger partial charge >= 0.3 is 5.97 Å². The van der Waals surface area contributed by atoms with E-state index in [4.69, 9.17) is 14.2 Å². The average Bonchev–Trinajstić information content (AvgIpc) is 3.19. The first-order valence-electron chi connectivity index (χ1n) is 10.9. The van der Waals surface area contributed by atoms with Crippen LogP contribution in [-0.2, 0) is 24.0 Å². The number of benzene rings is 2. The van der Waals surface area contributed by atoms with Crippen LogP contribution in [0.4, 0.5) is 0 Å². The lowest BCUT2D eigenvalue weighted by atomic mass is 10.1. The van der Waals surface area contributed by atoms with Gasteiger partial charge in [0.05, 0.1) is 20.6 Å². The van der Waals surface area contributed by atoms with Gasteiger partial charge in [0.1, 0.15) is 6.54 Å². The number of allylic oxidation sites excluding steroid dienone is 2. The number of aromatic hydroxyl groups is 1. The van der Waals surface area contributed by atoms with Gasteiger partial charge in [-0.25, -0.2) is 4.79 Å². The Hall–Kier alpha value is -4.99.